The highest BCUT2D eigenvalue weighted by Gasteiger charge is 2.19. The molecular weight excluding hydrogens is 829 g/mol. The minimum absolute atomic E-state index is 0.152. The monoisotopic (exact) mass is 921 g/mol. The van der Waals surface area contributed by atoms with Gasteiger partial charge in [-0.05, 0) is 116 Å². The van der Waals surface area contributed by atoms with Crippen LogP contribution in [0.5, 0.6) is 0 Å². The molecule has 6 nitrogen and oxygen atoms in total. The quantitative estimate of drug-likeness (QED) is 0.0262. The molecule has 372 valence electrons. The van der Waals surface area contributed by atoms with Crippen LogP contribution in [-0.2, 0) is 28.6 Å². The molecule has 0 aliphatic heterocycles. The fourth-order valence-electron chi connectivity index (χ4n) is 6.18. The number of carbonyl (C=O) groups is 3. The summed E-state index contributed by atoms with van der Waals surface area (Å²) in [6, 6.07) is 0. The van der Waals surface area contributed by atoms with Crippen LogP contribution in [0.1, 0.15) is 188 Å². The molecule has 0 aromatic carbocycles. The summed E-state index contributed by atoms with van der Waals surface area (Å²) >= 11 is 0. The molecule has 0 aromatic rings. The Bertz CT molecular complexity index is 1480. The van der Waals surface area contributed by atoms with Crippen molar-refractivity contribution in [1.82, 2.24) is 0 Å². The Hall–Kier alpha value is -4.97. The zero-order valence-corrected chi connectivity index (χ0v) is 42.3. The van der Waals surface area contributed by atoms with Gasteiger partial charge in [-0.15, -0.1) is 0 Å². The van der Waals surface area contributed by atoms with Crippen molar-refractivity contribution in [2.45, 2.75) is 194 Å². The maximum Gasteiger partial charge on any atom is 0.306 e. The first-order chi connectivity index (χ1) is 33.0. The highest BCUT2D eigenvalue weighted by Crippen LogP contribution is 2.11. The van der Waals surface area contributed by atoms with E-state index in [1.165, 1.54) is 12.8 Å². The van der Waals surface area contributed by atoms with Crippen LogP contribution in [0.4, 0.5) is 0 Å². The molecule has 0 N–H and O–H groups in total. The maximum atomic E-state index is 12.8. The second-order valence-electron chi connectivity index (χ2n) is 16.3. The summed E-state index contributed by atoms with van der Waals surface area (Å²) in [5.74, 6) is -1.14. The van der Waals surface area contributed by atoms with Gasteiger partial charge in [0.05, 0.1) is 0 Å². The molecule has 0 unspecified atom stereocenters. The van der Waals surface area contributed by atoms with Gasteiger partial charge in [0.2, 0.25) is 0 Å². The minimum Gasteiger partial charge on any atom is -0.462 e. The van der Waals surface area contributed by atoms with Crippen molar-refractivity contribution in [2.24, 2.45) is 0 Å². The summed E-state index contributed by atoms with van der Waals surface area (Å²) in [7, 11) is 0. The molecule has 0 aliphatic rings. The third-order valence-electron chi connectivity index (χ3n) is 10.0. The average molecular weight is 921 g/mol. The van der Waals surface area contributed by atoms with Gasteiger partial charge < -0.3 is 14.2 Å². The molecule has 0 heterocycles. The van der Waals surface area contributed by atoms with E-state index in [0.717, 1.165) is 122 Å². The minimum atomic E-state index is -0.850. The molecule has 0 atom stereocenters. The lowest BCUT2D eigenvalue weighted by molar-refractivity contribution is -0.166. The summed E-state index contributed by atoms with van der Waals surface area (Å²) in [6.07, 6.45) is 78.2. The van der Waals surface area contributed by atoms with Gasteiger partial charge in [-0.3, -0.25) is 14.4 Å². The third kappa shape index (κ3) is 51.9. The van der Waals surface area contributed by atoms with Crippen LogP contribution in [0.15, 0.2) is 158 Å². The Labute approximate surface area is 409 Å². The lowest BCUT2D eigenvalue weighted by Gasteiger charge is -2.18. The highest BCUT2D eigenvalue weighted by atomic mass is 16.6. The van der Waals surface area contributed by atoms with Crippen LogP contribution in [0.3, 0.4) is 0 Å². The van der Waals surface area contributed by atoms with E-state index in [1.54, 1.807) is 0 Å². The Balaban J connectivity index is 4.61. The largest absolute Gasteiger partial charge is 0.462 e. The number of ether oxygens (including phenoxy) is 3. The zero-order chi connectivity index (χ0) is 48.6. The highest BCUT2D eigenvalue weighted by molar-refractivity contribution is 5.71. The summed E-state index contributed by atoms with van der Waals surface area (Å²) in [5, 5.41) is 0. The number of hydrogen-bond donors (Lipinski definition) is 0. The molecule has 0 rings (SSSR count). The van der Waals surface area contributed by atoms with Gasteiger partial charge in [0.1, 0.15) is 13.2 Å². The normalized spacial score (nSPS) is 13.0. The Morgan fingerprint density at radius 1 is 0.313 bits per heavy atom. The van der Waals surface area contributed by atoms with Gasteiger partial charge in [-0.1, -0.05) is 211 Å². The third-order valence-corrected chi connectivity index (χ3v) is 10.0. The van der Waals surface area contributed by atoms with Crippen molar-refractivity contribution in [3.05, 3.63) is 158 Å². The molecule has 0 saturated heterocycles. The molecule has 0 amide bonds. The van der Waals surface area contributed by atoms with Crippen LogP contribution in [0.2, 0.25) is 0 Å². The molecule has 6 heteroatoms. The first-order valence-corrected chi connectivity index (χ1v) is 26.0. The van der Waals surface area contributed by atoms with E-state index in [9.17, 15) is 14.4 Å². The van der Waals surface area contributed by atoms with Gasteiger partial charge in [-0.2, -0.15) is 0 Å². The fourth-order valence-corrected chi connectivity index (χ4v) is 6.18. The Morgan fingerprint density at radius 3 is 0.970 bits per heavy atom. The second-order valence-corrected chi connectivity index (χ2v) is 16.3. The second kappa shape index (κ2) is 53.6. The van der Waals surface area contributed by atoms with E-state index < -0.39 is 6.10 Å². The molecule has 67 heavy (non-hydrogen) atoms. The molecular formula is C61H92O6. The molecule has 0 aliphatic carbocycles. The lowest BCUT2D eigenvalue weighted by Crippen LogP contribution is -2.30. The number of rotatable bonds is 44. The van der Waals surface area contributed by atoms with Crippen molar-refractivity contribution >= 4 is 17.9 Å². The van der Waals surface area contributed by atoms with E-state index in [0.29, 0.717) is 12.8 Å². The summed E-state index contributed by atoms with van der Waals surface area (Å²) < 4.78 is 16.6. The summed E-state index contributed by atoms with van der Waals surface area (Å²) in [5.41, 5.74) is 0. The lowest BCUT2D eigenvalue weighted by atomic mass is 10.1. The predicted octanol–water partition coefficient (Wildman–Crippen LogP) is 17.4. The maximum absolute atomic E-state index is 12.8. The van der Waals surface area contributed by atoms with E-state index in [-0.39, 0.29) is 50.4 Å². The van der Waals surface area contributed by atoms with Crippen molar-refractivity contribution in [3.63, 3.8) is 0 Å². The molecule has 0 spiro atoms. The Kier molecular flexibility index (Phi) is 49.7. The average Bonchev–Trinajstić information content (AvgIpc) is 3.33. The smallest absolute Gasteiger partial charge is 0.306 e. The number of carbonyl (C=O) groups excluding carboxylic acids is 3. The van der Waals surface area contributed by atoms with Gasteiger partial charge in [0, 0.05) is 19.3 Å². The van der Waals surface area contributed by atoms with E-state index >= 15 is 0 Å². The SMILES string of the molecule is CC/C=C\C/C=C\C/C=C\C/C=C\C/C=C\C/C=C\CCC(=O)OCC(COC(=O)CC/C=C\C/C=C\C/C=C\C/C=C\C/C=C\C/C=C\CC)OC(=O)CCCCCCC/C=C\CCCC. The zero-order valence-electron chi connectivity index (χ0n) is 42.3. The first-order valence-electron chi connectivity index (χ1n) is 26.0. The van der Waals surface area contributed by atoms with Crippen LogP contribution < -0.4 is 0 Å². The first kappa shape index (κ1) is 62.0. The number of allylic oxidation sites excluding steroid dienone is 26. The van der Waals surface area contributed by atoms with Crippen LogP contribution in [0.25, 0.3) is 0 Å². The predicted molar refractivity (Wildman–Crippen MR) is 288 cm³/mol. The van der Waals surface area contributed by atoms with Gasteiger partial charge in [0.25, 0.3) is 0 Å². The van der Waals surface area contributed by atoms with Gasteiger partial charge in [-0.25, -0.2) is 0 Å². The van der Waals surface area contributed by atoms with Crippen LogP contribution >= 0.6 is 0 Å². The van der Waals surface area contributed by atoms with Gasteiger partial charge in [0.15, 0.2) is 6.10 Å². The standard InChI is InChI=1S/C61H92O6/c1-4-7-10-13-16-19-22-24-26-28-30-32-34-36-39-41-44-47-50-53-59(62)65-56-58(67-61(64)55-52-49-46-43-38-21-18-15-12-9-6-3)57-66-60(63)54-51-48-45-42-40-37-35-33-31-29-27-25-23-20-17-14-11-8-5-2/h7-8,10-11,15-20,24-27,30-33,36-37,39-40,44-45,47-48,58H,4-6,9,12-14,21-23,28-29,34-35,38,41-43,46,49-57H2,1-3H3/b10-7-,11-8-,18-15-,19-16-,20-17-,26-24-,27-25-,32-30-,33-31-,39-36-,40-37-,47-44-,48-45-. The fraction of sp³-hybridized carbons (Fsp3) is 0.525. The molecule has 0 fully saturated rings. The van der Waals surface area contributed by atoms with E-state index in [1.807, 2.05) is 24.3 Å². The topological polar surface area (TPSA) is 78.9 Å². The number of esters is 3. The molecule has 0 radical (unpaired) electrons. The van der Waals surface area contributed by atoms with Crippen molar-refractivity contribution < 1.29 is 28.6 Å². The summed E-state index contributed by atoms with van der Waals surface area (Å²) in [4.78, 5) is 37.9. The summed E-state index contributed by atoms with van der Waals surface area (Å²) in [6.45, 7) is 6.20. The van der Waals surface area contributed by atoms with Crippen molar-refractivity contribution in [3.8, 4) is 0 Å². The van der Waals surface area contributed by atoms with Gasteiger partial charge >= 0.3 is 17.9 Å². The van der Waals surface area contributed by atoms with E-state index in [4.69, 9.17) is 14.2 Å². The Morgan fingerprint density at radius 2 is 0.612 bits per heavy atom. The molecule has 0 aromatic heterocycles. The van der Waals surface area contributed by atoms with E-state index in [2.05, 4.69) is 154 Å². The van der Waals surface area contributed by atoms with Crippen molar-refractivity contribution in [1.29, 1.82) is 0 Å². The molecule has 0 bridgehead atoms. The van der Waals surface area contributed by atoms with Crippen LogP contribution in [0, 0.1) is 0 Å². The van der Waals surface area contributed by atoms with Crippen LogP contribution in [-0.4, -0.2) is 37.2 Å². The van der Waals surface area contributed by atoms with Crippen molar-refractivity contribution in [2.75, 3.05) is 13.2 Å². The number of unbranched alkanes of at least 4 members (excludes halogenated alkanes) is 7. The molecule has 0 saturated carbocycles. The number of hydrogen-bond acceptors (Lipinski definition) is 6.